The van der Waals surface area contributed by atoms with E-state index in [0.717, 1.165) is 35.9 Å². The number of halogens is 2. The summed E-state index contributed by atoms with van der Waals surface area (Å²) < 4.78 is 53.7. The molecule has 28 heavy (non-hydrogen) atoms. The highest BCUT2D eigenvalue weighted by Gasteiger charge is 2.32. The SMILES string of the molecule is CC1CC(C)CN(C(=O)CN2CCN(S(=O)(=O)c3cc(F)ccc3F)CC2)C1. The third-order valence-corrected chi connectivity index (χ3v) is 7.34. The van der Waals surface area contributed by atoms with Crippen LogP contribution < -0.4 is 0 Å². The highest BCUT2D eigenvalue weighted by Crippen LogP contribution is 2.23. The molecule has 0 N–H and O–H groups in total. The molecule has 3 rings (SSSR count). The van der Waals surface area contributed by atoms with E-state index in [2.05, 4.69) is 13.8 Å². The molecule has 0 aliphatic carbocycles. The maximum absolute atomic E-state index is 13.9. The summed E-state index contributed by atoms with van der Waals surface area (Å²) in [5, 5.41) is 0. The van der Waals surface area contributed by atoms with Crippen LogP contribution in [0.25, 0.3) is 0 Å². The zero-order chi connectivity index (χ0) is 20.5. The Morgan fingerprint density at radius 3 is 2.29 bits per heavy atom. The number of likely N-dealkylation sites (tertiary alicyclic amines) is 1. The molecule has 1 aromatic rings. The summed E-state index contributed by atoms with van der Waals surface area (Å²) in [6, 6.07) is 2.41. The molecular weight excluding hydrogens is 388 g/mol. The first kappa shape index (κ1) is 21.1. The number of carbonyl (C=O) groups is 1. The van der Waals surface area contributed by atoms with Crippen LogP contribution in [-0.2, 0) is 14.8 Å². The molecule has 2 aliphatic rings. The Labute approximate surface area is 165 Å². The van der Waals surface area contributed by atoms with Gasteiger partial charge in [0.05, 0.1) is 6.54 Å². The van der Waals surface area contributed by atoms with Crippen molar-refractivity contribution in [2.24, 2.45) is 11.8 Å². The molecular formula is C19H27F2N3O3S. The van der Waals surface area contributed by atoms with Gasteiger partial charge in [-0.15, -0.1) is 0 Å². The summed E-state index contributed by atoms with van der Waals surface area (Å²) >= 11 is 0. The monoisotopic (exact) mass is 415 g/mol. The molecule has 1 aromatic carbocycles. The number of piperidine rings is 1. The molecule has 2 saturated heterocycles. The van der Waals surface area contributed by atoms with Crippen molar-refractivity contribution in [3.8, 4) is 0 Å². The van der Waals surface area contributed by atoms with Gasteiger partial charge in [0.2, 0.25) is 15.9 Å². The van der Waals surface area contributed by atoms with E-state index in [1.165, 1.54) is 0 Å². The standard InChI is InChI=1S/C19H27F2N3O3S/c1-14-9-15(2)12-23(11-14)19(25)13-22-5-7-24(8-6-22)28(26,27)18-10-16(20)3-4-17(18)21/h3-4,10,14-15H,5-9,11-13H2,1-2H3. The van der Waals surface area contributed by atoms with Crippen molar-refractivity contribution in [3.05, 3.63) is 29.8 Å². The number of amides is 1. The Kier molecular flexibility index (Phi) is 6.36. The average molecular weight is 416 g/mol. The lowest BCUT2D eigenvalue weighted by molar-refractivity contribution is -0.135. The number of hydrogen-bond acceptors (Lipinski definition) is 4. The van der Waals surface area contributed by atoms with Crippen LogP contribution in [0.2, 0.25) is 0 Å². The van der Waals surface area contributed by atoms with Gasteiger partial charge in [-0.05, 0) is 36.5 Å². The zero-order valence-corrected chi connectivity index (χ0v) is 17.1. The van der Waals surface area contributed by atoms with Gasteiger partial charge in [-0.3, -0.25) is 9.69 Å². The Hall–Kier alpha value is -1.58. The third-order valence-electron chi connectivity index (χ3n) is 5.42. The predicted molar refractivity (Wildman–Crippen MR) is 101 cm³/mol. The molecule has 2 unspecified atom stereocenters. The van der Waals surface area contributed by atoms with Crippen molar-refractivity contribution >= 4 is 15.9 Å². The van der Waals surface area contributed by atoms with Crippen LogP contribution in [-0.4, -0.2) is 74.2 Å². The van der Waals surface area contributed by atoms with Crippen molar-refractivity contribution in [1.29, 1.82) is 0 Å². The van der Waals surface area contributed by atoms with E-state index in [9.17, 15) is 22.0 Å². The van der Waals surface area contributed by atoms with Crippen LogP contribution in [0.15, 0.2) is 23.1 Å². The van der Waals surface area contributed by atoms with Crippen molar-refractivity contribution in [1.82, 2.24) is 14.1 Å². The quantitative estimate of drug-likeness (QED) is 0.752. The summed E-state index contributed by atoms with van der Waals surface area (Å²) in [5.41, 5.74) is 0. The van der Waals surface area contributed by atoms with Gasteiger partial charge in [0.15, 0.2) is 0 Å². The minimum Gasteiger partial charge on any atom is -0.341 e. The fourth-order valence-corrected chi connectivity index (χ4v) is 5.60. The maximum atomic E-state index is 13.9. The maximum Gasteiger partial charge on any atom is 0.246 e. The highest BCUT2D eigenvalue weighted by molar-refractivity contribution is 7.89. The number of rotatable bonds is 4. The third kappa shape index (κ3) is 4.69. The lowest BCUT2D eigenvalue weighted by atomic mass is 9.92. The van der Waals surface area contributed by atoms with Crippen LogP contribution in [0.5, 0.6) is 0 Å². The molecule has 2 atom stereocenters. The molecule has 0 saturated carbocycles. The van der Waals surface area contributed by atoms with E-state index in [0.29, 0.717) is 31.0 Å². The van der Waals surface area contributed by atoms with Crippen LogP contribution >= 0.6 is 0 Å². The summed E-state index contributed by atoms with van der Waals surface area (Å²) in [7, 11) is -4.11. The molecule has 2 fully saturated rings. The number of benzene rings is 1. The number of hydrogen-bond donors (Lipinski definition) is 0. The van der Waals surface area contributed by atoms with Crippen molar-refractivity contribution in [3.63, 3.8) is 0 Å². The van der Waals surface area contributed by atoms with Gasteiger partial charge in [-0.25, -0.2) is 17.2 Å². The normalized spacial score (nSPS) is 25.1. The van der Waals surface area contributed by atoms with E-state index in [1.807, 2.05) is 9.80 Å². The molecule has 6 nitrogen and oxygen atoms in total. The Balaban J connectivity index is 1.58. The number of sulfonamides is 1. The van der Waals surface area contributed by atoms with E-state index >= 15 is 0 Å². The van der Waals surface area contributed by atoms with Crippen LogP contribution in [0.3, 0.4) is 0 Å². The summed E-state index contributed by atoms with van der Waals surface area (Å²) in [6.45, 7) is 7.09. The van der Waals surface area contributed by atoms with Gasteiger partial charge < -0.3 is 4.90 Å². The van der Waals surface area contributed by atoms with Gasteiger partial charge >= 0.3 is 0 Å². The first-order chi connectivity index (χ1) is 13.2. The second kappa shape index (κ2) is 8.42. The Morgan fingerprint density at radius 2 is 1.68 bits per heavy atom. The molecule has 0 radical (unpaired) electrons. The summed E-state index contributed by atoms with van der Waals surface area (Å²) in [4.78, 5) is 15.8. The van der Waals surface area contributed by atoms with Crippen LogP contribution in [0, 0.1) is 23.5 Å². The molecule has 1 amide bonds. The van der Waals surface area contributed by atoms with E-state index in [1.54, 1.807) is 0 Å². The number of carbonyl (C=O) groups excluding carboxylic acids is 1. The fourth-order valence-electron chi connectivity index (χ4n) is 4.10. The number of piperazine rings is 1. The first-order valence-electron chi connectivity index (χ1n) is 9.62. The molecule has 0 bridgehead atoms. The number of nitrogens with zero attached hydrogens (tertiary/aromatic N) is 3. The van der Waals surface area contributed by atoms with E-state index in [-0.39, 0.29) is 25.5 Å². The Morgan fingerprint density at radius 1 is 1.07 bits per heavy atom. The van der Waals surface area contributed by atoms with Crippen LogP contribution in [0.4, 0.5) is 8.78 Å². The van der Waals surface area contributed by atoms with Gasteiger partial charge in [0, 0.05) is 39.3 Å². The Bertz CT molecular complexity index is 816. The largest absolute Gasteiger partial charge is 0.341 e. The average Bonchev–Trinajstić information content (AvgIpc) is 2.63. The van der Waals surface area contributed by atoms with Gasteiger partial charge in [-0.1, -0.05) is 13.8 Å². The second-order valence-corrected chi connectivity index (χ2v) is 9.91. The highest BCUT2D eigenvalue weighted by atomic mass is 32.2. The van der Waals surface area contributed by atoms with Crippen LogP contribution in [0.1, 0.15) is 20.3 Å². The molecule has 2 heterocycles. The molecule has 0 aromatic heterocycles. The van der Waals surface area contributed by atoms with Crippen molar-refractivity contribution in [2.45, 2.75) is 25.2 Å². The molecule has 9 heteroatoms. The minimum absolute atomic E-state index is 0.0610. The van der Waals surface area contributed by atoms with Gasteiger partial charge in [0.25, 0.3) is 0 Å². The predicted octanol–water partition coefficient (Wildman–Crippen LogP) is 1.78. The molecule has 156 valence electrons. The lowest BCUT2D eigenvalue weighted by Gasteiger charge is -2.38. The van der Waals surface area contributed by atoms with Crippen molar-refractivity contribution in [2.75, 3.05) is 45.8 Å². The molecule has 0 spiro atoms. The van der Waals surface area contributed by atoms with E-state index < -0.39 is 26.6 Å². The fraction of sp³-hybridized carbons (Fsp3) is 0.632. The smallest absolute Gasteiger partial charge is 0.246 e. The van der Waals surface area contributed by atoms with Gasteiger partial charge in [-0.2, -0.15) is 4.31 Å². The van der Waals surface area contributed by atoms with E-state index in [4.69, 9.17) is 0 Å². The second-order valence-electron chi connectivity index (χ2n) is 8.00. The topological polar surface area (TPSA) is 60.9 Å². The van der Waals surface area contributed by atoms with Crippen molar-refractivity contribution < 1.29 is 22.0 Å². The lowest BCUT2D eigenvalue weighted by Crippen LogP contribution is -2.53. The minimum atomic E-state index is -4.11. The zero-order valence-electron chi connectivity index (χ0n) is 16.3. The first-order valence-corrected chi connectivity index (χ1v) is 11.1. The molecule has 2 aliphatic heterocycles. The summed E-state index contributed by atoms with van der Waals surface area (Å²) in [5.74, 6) is -0.737. The summed E-state index contributed by atoms with van der Waals surface area (Å²) in [6.07, 6.45) is 1.12. The van der Waals surface area contributed by atoms with Gasteiger partial charge in [0.1, 0.15) is 16.5 Å².